The molecule has 1 aliphatic heterocycles. The highest BCUT2D eigenvalue weighted by atomic mass is 79.9. The van der Waals surface area contributed by atoms with Crippen molar-refractivity contribution >= 4 is 45.0 Å². The largest absolute Gasteiger partial charge is 0.325 e. The van der Waals surface area contributed by atoms with E-state index in [1.165, 1.54) is 0 Å². The predicted octanol–water partition coefficient (Wildman–Crippen LogP) is 3.98. The van der Waals surface area contributed by atoms with Crippen LogP contribution in [-0.4, -0.2) is 35.8 Å². The van der Waals surface area contributed by atoms with E-state index in [9.17, 15) is 9.59 Å². The van der Waals surface area contributed by atoms with Crippen molar-refractivity contribution in [2.75, 3.05) is 18.0 Å². The molecule has 0 radical (unpaired) electrons. The first kappa shape index (κ1) is 17.0. The van der Waals surface area contributed by atoms with Gasteiger partial charge in [0.15, 0.2) is 0 Å². The lowest BCUT2D eigenvalue weighted by Gasteiger charge is -2.39. The summed E-state index contributed by atoms with van der Waals surface area (Å²) in [4.78, 5) is 28.7. The molecule has 1 unspecified atom stereocenters. The molecule has 2 amide bonds. The Morgan fingerprint density at radius 2 is 1.88 bits per heavy atom. The Kier molecular flexibility index (Phi) is 4.92. The predicted molar refractivity (Wildman–Crippen MR) is 98.4 cm³/mol. The third-order valence-electron chi connectivity index (χ3n) is 4.13. The van der Waals surface area contributed by atoms with E-state index in [-0.39, 0.29) is 11.8 Å². The molecular weight excluding hydrogens is 392 g/mol. The Morgan fingerprint density at radius 1 is 1.17 bits per heavy atom. The van der Waals surface area contributed by atoms with Crippen LogP contribution in [0, 0.1) is 0 Å². The Bertz CT molecular complexity index is 779. The summed E-state index contributed by atoms with van der Waals surface area (Å²) >= 11 is 9.35. The number of benzene rings is 2. The molecule has 0 saturated carbocycles. The molecular formula is C18H16BrClN2O2. The minimum absolute atomic E-state index is 0.0843. The average molecular weight is 408 g/mol. The van der Waals surface area contributed by atoms with Gasteiger partial charge in [-0.25, -0.2) is 0 Å². The average Bonchev–Trinajstić information content (AvgIpc) is 2.58. The number of carbonyl (C=O) groups is 2. The zero-order chi connectivity index (χ0) is 17.3. The molecule has 1 saturated heterocycles. The zero-order valence-corrected chi connectivity index (χ0v) is 15.4. The van der Waals surface area contributed by atoms with Crippen LogP contribution in [0.4, 0.5) is 5.69 Å². The van der Waals surface area contributed by atoms with E-state index >= 15 is 0 Å². The van der Waals surface area contributed by atoms with Crippen LogP contribution in [0.15, 0.2) is 53.0 Å². The Hall–Kier alpha value is -1.85. The molecule has 1 heterocycles. The molecule has 0 aliphatic carbocycles. The Labute approximate surface area is 154 Å². The van der Waals surface area contributed by atoms with Gasteiger partial charge in [0.25, 0.3) is 5.91 Å². The second-order valence-corrected chi connectivity index (χ2v) is 7.00. The molecule has 6 heteroatoms. The number of nitrogens with zero attached hydrogens (tertiary/aromatic N) is 2. The van der Waals surface area contributed by atoms with Gasteiger partial charge >= 0.3 is 0 Å². The van der Waals surface area contributed by atoms with Crippen LogP contribution in [0.2, 0.25) is 5.02 Å². The van der Waals surface area contributed by atoms with E-state index in [0.717, 1.165) is 10.2 Å². The van der Waals surface area contributed by atoms with Crippen molar-refractivity contribution in [2.24, 2.45) is 0 Å². The number of hydrogen-bond acceptors (Lipinski definition) is 2. The van der Waals surface area contributed by atoms with Crippen molar-refractivity contribution in [1.29, 1.82) is 0 Å². The Morgan fingerprint density at radius 3 is 2.54 bits per heavy atom. The molecule has 24 heavy (non-hydrogen) atoms. The number of carbonyl (C=O) groups excluding carboxylic acids is 2. The minimum Gasteiger partial charge on any atom is -0.325 e. The summed E-state index contributed by atoms with van der Waals surface area (Å²) in [6, 6.07) is 13.9. The van der Waals surface area contributed by atoms with Gasteiger partial charge in [-0.3, -0.25) is 9.59 Å². The van der Waals surface area contributed by atoms with Crippen LogP contribution in [0.5, 0.6) is 0 Å². The molecule has 2 aromatic rings. The monoisotopic (exact) mass is 406 g/mol. The van der Waals surface area contributed by atoms with Gasteiger partial charge in [0.1, 0.15) is 6.04 Å². The SMILES string of the molecule is CC1C(=O)N(c2ccc(Br)cc2)CCN1C(=O)c1cccc(Cl)c1. The second kappa shape index (κ2) is 6.95. The minimum atomic E-state index is -0.520. The van der Waals surface area contributed by atoms with E-state index in [1.54, 1.807) is 41.0 Å². The van der Waals surface area contributed by atoms with Gasteiger partial charge in [-0.15, -0.1) is 0 Å². The van der Waals surface area contributed by atoms with Gasteiger partial charge in [0, 0.05) is 33.8 Å². The normalized spacial score (nSPS) is 18.0. The smallest absolute Gasteiger partial charge is 0.254 e. The molecule has 0 aromatic heterocycles. The molecule has 0 N–H and O–H groups in total. The fraction of sp³-hybridized carbons (Fsp3) is 0.222. The number of piperazine rings is 1. The van der Waals surface area contributed by atoms with Crippen molar-refractivity contribution in [3.63, 3.8) is 0 Å². The van der Waals surface area contributed by atoms with Gasteiger partial charge in [-0.1, -0.05) is 33.6 Å². The van der Waals surface area contributed by atoms with Gasteiger partial charge in [0.2, 0.25) is 5.91 Å². The van der Waals surface area contributed by atoms with Crippen LogP contribution in [0.1, 0.15) is 17.3 Å². The van der Waals surface area contributed by atoms with Crippen LogP contribution in [0.3, 0.4) is 0 Å². The molecule has 1 fully saturated rings. The van der Waals surface area contributed by atoms with Crippen molar-refractivity contribution < 1.29 is 9.59 Å². The lowest BCUT2D eigenvalue weighted by atomic mass is 10.1. The molecule has 0 spiro atoms. The van der Waals surface area contributed by atoms with Gasteiger partial charge in [-0.2, -0.15) is 0 Å². The first-order valence-corrected chi connectivity index (χ1v) is 8.78. The quantitative estimate of drug-likeness (QED) is 0.755. The summed E-state index contributed by atoms with van der Waals surface area (Å²) < 4.78 is 0.960. The van der Waals surface area contributed by atoms with Gasteiger partial charge in [0.05, 0.1) is 0 Å². The maximum absolute atomic E-state index is 12.7. The number of hydrogen-bond donors (Lipinski definition) is 0. The summed E-state index contributed by atoms with van der Waals surface area (Å²) in [6.45, 7) is 2.71. The standard InChI is InChI=1S/C18H16BrClN2O2/c1-12-17(23)22(16-7-5-14(19)6-8-16)10-9-21(12)18(24)13-3-2-4-15(20)11-13/h2-8,11-12H,9-10H2,1H3. The first-order chi connectivity index (χ1) is 11.5. The van der Waals surface area contributed by atoms with Gasteiger partial charge < -0.3 is 9.80 Å². The number of amides is 2. The third-order valence-corrected chi connectivity index (χ3v) is 4.89. The second-order valence-electron chi connectivity index (χ2n) is 5.65. The van der Waals surface area contributed by atoms with E-state index in [4.69, 9.17) is 11.6 Å². The summed E-state index contributed by atoms with van der Waals surface area (Å²) in [5, 5.41) is 0.508. The molecule has 124 valence electrons. The molecule has 4 nitrogen and oxygen atoms in total. The molecule has 1 atom stereocenters. The van der Waals surface area contributed by atoms with Crippen LogP contribution < -0.4 is 4.90 Å². The maximum atomic E-state index is 12.7. The lowest BCUT2D eigenvalue weighted by molar-refractivity contribution is -0.124. The summed E-state index contributed by atoms with van der Waals surface area (Å²) in [5.74, 6) is -0.257. The summed E-state index contributed by atoms with van der Waals surface area (Å²) in [7, 11) is 0. The highest BCUT2D eigenvalue weighted by Crippen LogP contribution is 2.24. The molecule has 2 aromatic carbocycles. The maximum Gasteiger partial charge on any atom is 0.254 e. The molecule has 1 aliphatic rings. The topological polar surface area (TPSA) is 40.6 Å². The summed E-state index contributed by atoms with van der Waals surface area (Å²) in [5.41, 5.74) is 1.34. The molecule has 3 rings (SSSR count). The van der Waals surface area contributed by atoms with Crippen LogP contribution in [-0.2, 0) is 4.79 Å². The van der Waals surface area contributed by atoms with E-state index in [2.05, 4.69) is 15.9 Å². The highest BCUT2D eigenvalue weighted by molar-refractivity contribution is 9.10. The van der Waals surface area contributed by atoms with Crippen molar-refractivity contribution in [3.8, 4) is 0 Å². The van der Waals surface area contributed by atoms with Crippen molar-refractivity contribution in [2.45, 2.75) is 13.0 Å². The van der Waals surface area contributed by atoms with Crippen LogP contribution in [0.25, 0.3) is 0 Å². The number of halogens is 2. The van der Waals surface area contributed by atoms with Gasteiger partial charge in [-0.05, 0) is 49.4 Å². The summed E-state index contributed by atoms with van der Waals surface area (Å²) in [6.07, 6.45) is 0. The molecule has 0 bridgehead atoms. The highest BCUT2D eigenvalue weighted by Gasteiger charge is 2.35. The van der Waals surface area contributed by atoms with E-state index in [1.807, 2.05) is 24.3 Å². The number of anilines is 1. The third kappa shape index (κ3) is 3.32. The number of rotatable bonds is 2. The first-order valence-electron chi connectivity index (χ1n) is 7.61. The lowest BCUT2D eigenvalue weighted by Crippen LogP contribution is -2.57. The van der Waals surface area contributed by atoms with Crippen molar-refractivity contribution in [1.82, 2.24) is 4.90 Å². The van der Waals surface area contributed by atoms with Crippen molar-refractivity contribution in [3.05, 3.63) is 63.6 Å². The fourth-order valence-corrected chi connectivity index (χ4v) is 3.27. The van der Waals surface area contributed by atoms with E-state index < -0.39 is 6.04 Å². The fourth-order valence-electron chi connectivity index (χ4n) is 2.81. The Balaban J connectivity index is 1.79. The van der Waals surface area contributed by atoms with E-state index in [0.29, 0.717) is 23.7 Å². The van der Waals surface area contributed by atoms with Crippen LogP contribution >= 0.6 is 27.5 Å². The zero-order valence-electron chi connectivity index (χ0n) is 13.1.